The number of alkyl carbamates (subject to hydrolysis) is 1. The van der Waals surface area contributed by atoms with Crippen LogP contribution in [0.25, 0.3) is 0 Å². The van der Waals surface area contributed by atoms with E-state index in [1.54, 1.807) is 20.8 Å². The molecule has 0 aromatic heterocycles. The summed E-state index contributed by atoms with van der Waals surface area (Å²) in [5.74, 6) is -0.840. The number of amides is 1. The number of hydrogen-bond donors (Lipinski definition) is 1. The van der Waals surface area contributed by atoms with Gasteiger partial charge in [0.1, 0.15) is 5.60 Å². The van der Waals surface area contributed by atoms with Gasteiger partial charge in [-0.15, -0.1) is 0 Å². The van der Waals surface area contributed by atoms with Gasteiger partial charge < -0.3 is 14.8 Å². The Bertz CT molecular complexity index is 689. The zero-order chi connectivity index (χ0) is 19.5. The molecule has 2 rings (SSSR count). The Morgan fingerprint density at radius 3 is 2.27 bits per heavy atom. The lowest BCUT2D eigenvalue weighted by atomic mass is 9.74. The Labute approximate surface area is 154 Å². The number of rotatable bonds is 4. The number of carbonyl (C=O) groups excluding carboxylic acids is 3. The smallest absolute Gasteiger partial charge is 0.408 e. The van der Waals surface area contributed by atoms with Crippen LogP contribution in [0.2, 0.25) is 0 Å². The third kappa shape index (κ3) is 4.06. The Kier molecular flexibility index (Phi) is 5.74. The molecule has 1 saturated carbocycles. The molecule has 2 atom stereocenters. The highest BCUT2D eigenvalue weighted by Crippen LogP contribution is 2.46. The summed E-state index contributed by atoms with van der Waals surface area (Å²) in [6.45, 7) is 7.20. The molecule has 6 nitrogen and oxygen atoms in total. The Morgan fingerprint density at radius 2 is 1.81 bits per heavy atom. The van der Waals surface area contributed by atoms with Crippen LogP contribution < -0.4 is 5.32 Å². The van der Waals surface area contributed by atoms with E-state index in [9.17, 15) is 14.4 Å². The van der Waals surface area contributed by atoms with Crippen LogP contribution in [0, 0.1) is 12.3 Å². The van der Waals surface area contributed by atoms with E-state index in [1.807, 2.05) is 31.2 Å². The van der Waals surface area contributed by atoms with Gasteiger partial charge in [-0.05, 0) is 46.1 Å². The van der Waals surface area contributed by atoms with Gasteiger partial charge in [-0.2, -0.15) is 0 Å². The fourth-order valence-corrected chi connectivity index (χ4v) is 3.39. The summed E-state index contributed by atoms with van der Waals surface area (Å²) in [5.41, 5.74) is -0.419. The zero-order valence-corrected chi connectivity index (χ0v) is 16.0. The van der Waals surface area contributed by atoms with Crippen molar-refractivity contribution in [2.75, 3.05) is 7.11 Å². The number of esters is 1. The average Bonchev–Trinajstić information content (AvgIpc) is 2.93. The molecule has 1 aromatic carbocycles. The van der Waals surface area contributed by atoms with Crippen molar-refractivity contribution in [3.63, 3.8) is 0 Å². The van der Waals surface area contributed by atoms with Crippen LogP contribution in [-0.2, 0) is 19.1 Å². The van der Waals surface area contributed by atoms with Gasteiger partial charge in [-0.25, -0.2) is 4.79 Å². The summed E-state index contributed by atoms with van der Waals surface area (Å²) in [4.78, 5) is 37.8. The number of carbonyl (C=O) groups is 3. The third-order valence-corrected chi connectivity index (χ3v) is 4.59. The van der Waals surface area contributed by atoms with Gasteiger partial charge in [0.25, 0.3) is 0 Å². The van der Waals surface area contributed by atoms with E-state index >= 15 is 0 Å². The highest BCUT2D eigenvalue weighted by molar-refractivity contribution is 6.06. The van der Waals surface area contributed by atoms with Crippen molar-refractivity contribution >= 4 is 17.8 Å². The monoisotopic (exact) mass is 361 g/mol. The Hall–Kier alpha value is -2.37. The molecule has 1 fully saturated rings. The second-order valence-electron chi connectivity index (χ2n) is 7.73. The van der Waals surface area contributed by atoms with E-state index in [-0.39, 0.29) is 12.2 Å². The molecule has 1 aromatic rings. The maximum absolute atomic E-state index is 12.8. The summed E-state index contributed by atoms with van der Waals surface area (Å²) in [6, 6.07) is 6.54. The molecule has 0 spiro atoms. The van der Waals surface area contributed by atoms with Crippen LogP contribution in [0.3, 0.4) is 0 Å². The molecular weight excluding hydrogens is 334 g/mol. The number of ketones is 1. The maximum atomic E-state index is 12.8. The summed E-state index contributed by atoms with van der Waals surface area (Å²) >= 11 is 0. The normalized spacial score (nSPS) is 21.2. The maximum Gasteiger partial charge on any atom is 0.408 e. The minimum atomic E-state index is -1.43. The molecule has 0 bridgehead atoms. The number of nitrogens with one attached hydrogen (secondary N) is 1. The summed E-state index contributed by atoms with van der Waals surface area (Å²) in [6.07, 6.45) is 0.512. The standard InChI is InChI=1S/C20H27NO5/c1-13-8-10-14(11-9-13)16(21-18(24)26-19(2,3)4)20(17(23)25-5)12-6-7-15(20)22/h8-11,16H,6-7,12H2,1-5H3,(H,21,24)/t16-,20-/m0/s1. The number of benzene rings is 1. The highest BCUT2D eigenvalue weighted by atomic mass is 16.6. The van der Waals surface area contributed by atoms with Crippen molar-refractivity contribution in [2.45, 2.75) is 58.6 Å². The molecule has 1 aliphatic rings. The van der Waals surface area contributed by atoms with Crippen molar-refractivity contribution in [2.24, 2.45) is 5.41 Å². The number of Topliss-reactive ketones (excluding diaryl/α,β-unsaturated/α-hetero) is 1. The first-order chi connectivity index (χ1) is 12.1. The summed E-state index contributed by atoms with van der Waals surface area (Å²) < 4.78 is 10.3. The molecule has 0 unspecified atom stereocenters. The number of aryl methyl sites for hydroxylation is 1. The summed E-state index contributed by atoms with van der Waals surface area (Å²) in [7, 11) is 1.26. The molecule has 26 heavy (non-hydrogen) atoms. The number of methoxy groups -OCH3 is 1. The van der Waals surface area contributed by atoms with Crippen molar-refractivity contribution in [3.8, 4) is 0 Å². The number of hydrogen-bond acceptors (Lipinski definition) is 5. The zero-order valence-electron chi connectivity index (χ0n) is 16.0. The van der Waals surface area contributed by atoms with Gasteiger partial charge in [0.15, 0.2) is 11.2 Å². The fraction of sp³-hybridized carbons (Fsp3) is 0.550. The van der Waals surface area contributed by atoms with E-state index in [2.05, 4.69) is 5.32 Å². The Morgan fingerprint density at radius 1 is 1.19 bits per heavy atom. The molecule has 1 N–H and O–H groups in total. The van der Waals surface area contributed by atoms with Crippen molar-refractivity contribution in [1.82, 2.24) is 5.32 Å². The van der Waals surface area contributed by atoms with Crippen molar-refractivity contribution in [3.05, 3.63) is 35.4 Å². The van der Waals surface area contributed by atoms with Gasteiger partial charge in [0.2, 0.25) is 0 Å². The van der Waals surface area contributed by atoms with Gasteiger partial charge >= 0.3 is 12.1 Å². The first-order valence-corrected chi connectivity index (χ1v) is 8.78. The summed E-state index contributed by atoms with van der Waals surface area (Å²) in [5, 5.41) is 2.75. The van der Waals surface area contributed by atoms with Crippen LogP contribution >= 0.6 is 0 Å². The van der Waals surface area contributed by atoms with Crippen LogP contribution in [0.4, 0.5) is 4.79 Å². The minimum absolute atomic E-state index is 0.217. The van der Waals surface area contributed by atoms with E-state index < -0.39 is 29.1 Å². The lowest BCUT2D eigenvalue weighted by molar-refractivity contribution is -0.158. The average molecular weight is 361 g/mol. The second-order valence-corrected chi connectivity index (χ2v) is 7.73. The topological polar surface area (TPSA) is 81.7 Å². The first-order valence-electron chi connectivity index (χ1n) is 8.78. The SMILES string of the molecule is COC(=O)[C@@]1([C@@H](NC(=O)OC(C)(C)C)c2ccc(C)cc2)CCCC1=O. The molecule has 1 aliphatic carbocycles. The first kappa shape index (κ1) is 19.9. The van der Waals surface area contributed by atoms with Crippen LogP contribution in [0.15, 0.2) is 24.3 Å². The van der Waals surface area contributed by atoms with Gasteiger partial charge in [0, 0.05) is 6.42 Å². The van der Waals surface area contributed by atoms with Gasteiger partial charge in [-0.3, -0.25) is 9.59 Å². The van der Waals surface area contributed by atoms with Gasteiger partial charge in [0.05, 0.1) is 13.2 Å². The van der Waals surface area contributed by atoms with Gasteiger partial charge in [-0.1, -0.05) is 29.8 Å². The predicted octanol–water partition coefficient (Wildman–Crippen LogP) is 3.47. The van der Waals surface area contributed by atoms with E-state index in [0.717, 1.165) is 5.56 Å². The molecule has 0 aliphatic heterocycles. The molecule has 0 saturated heterocycles. The van der Waals surface area contributed by atoms with Crippen molar-refractivity contribution < 1.29 is 23.9 Å². The van der Waals surface area contributed by atoms with Crippen LogP contribution in [-0.4, -0.2) is 30.6 Å². The third-order valence-electron chi connectivity index (χ3n) is 4.59. The molecule has 0 heterocycles. The molecular formula is C20H27NO5. The molecule has 142 valence electrons. The van der Waals surface area contributed by atoms with E-state index in [4.69, 9.17) is 9.47 Å². The fourth-order valence-electron chi connectivity index (χ4n) is 3.39. The van der Waals surface area contributed by atoms with E-state index in [0.29, 0.717) is 18.4 Å². The molecule has 1 amide bonds. The predicted molar refractivity (Wildman–Crippen MR) is 96.6 cm³/mol. The quantitative estimate of drug-likeness (QED) is 0.656. The minimum Gasteiger partial charge on any atom is -0.468 e. The largest absolute Gasteiger partial charge is 0.468 e. The molecule has 0 radical (unpaired) electrons. The Balaban J connectivity index is 2.48. The van der Waals surface area contributed by atoms with E-state index in [1.165, 1.54) is 7.11 Å². The lowest BCUT2D eigenvalue weighted by Crippen LogP contribution is -2.50. The lowest BCUT2D eigenvalue weighted by Gasteiger charge is -2.35. The highest BCUT2D eigenvalue weighted by Gasteiger charge is 2.56. The van der Waals surface area contributed by atoms with Crippen molar-refractivity contribution in [1.29, 1.82) is 0 Å². The van der Waals surface area contributed by atoms with Crippen LogP contribution in [0.5, 0.6) is 0 Å². The molecule has 6 heteroatoms. The second kappa shape index (κ2) is 7.48. The number of ether oxygens (including phenoxy) is 2. The van der Waals surface area contributed by atoms with Crippen LogP contribution in [0.1, 0.15) is 57.2 Å².